The maximum Gasteiger partial charge on any atom is 0.370 e. The van der Waals surface area contributed by atoms with Crippen LogP contribution in [0.3, 0.4) is 0 Å². The minimum Gasteiger partial charge on any atom is -0.246 e. The summed E-state index contributed by atoms with van der Waals surface area (Å²) in [7, 11) is 0. The molecule has 0 aromatic heterocycles. The second kappa shape index (κ2) is 1.71. The molecule has 0 aromatic rings. The fourth-order valence-corrected chi connectivity index (χ4v) is 1.10. The van der Waals surface area contributed by atoms with Gasteiger partial charge >= 0.3 is 11.9 Å². The largest absolute Gasteiger partial charge is 0.370 e. The van der Waals surface area contributed by atoms with Crippen LogP contribution in [0.2, 0.25) is 0 Å². The highest BCUT2D eigenvalue weighted by Gasteiger charge is 2.49. The molecule has 1 aliphatic heterocycles. The van der Waals surface area contributed by atoms with Crippen LogP contribution in [-0.4, -0.2) is 11.9 Å². The lowest BCUT2D eigenvalue weighted by Crippen LogP contribution is -2.16. The minimum absolute atomic E-state index is 0.197. The average Bonchev–Trinajstić information content (AvgIpc) is 2.64. The molecule has 2 rings (SSSR count). The average molecular weight is 142 g/mol. The van der Waals surface area contributed by atoms with Gasteiger partial charge in [-0.1, -0.05) is 0 Å². The van der Waals surface area contributed by atoms with E-state index in [1.807, 2.05) is 0 Å². The maximum atomic E-state index is 10.7. The van der Waals surface area contributed by atoms with Crippen molar-refractivity contribution in [1.29, 1.82) is 0 Å². The molecule has 1 aliphatic carbocycles. The van der Waals surface area contributed by atoms with Gasteiger partial charge in [0.25, 0.3) is 0 Å². The molecule has 0 bridgehead atoms. The van der Waals surface area contributed by atoms with E-state index in [1.54, 1.807) is 0 Å². The summed E-state index contributed by atoms with van der Waals surface area (Å²) in [5.74, 6) is -1.46. The van der Waals surface area contributed by atoms with Crippen LogP contribution in [-0.2, 0) is 19.4 Å². The molecule has 0 N–H and O–H groups in total. The summed E-state index contributed by atoms with van der Waals surface area (Å²) in [6.07, 6.45) is 1.88. The second-order valence-electron chi connectivity index (χ2n) is 2.62. The molecule has 4 nitrogen and oxygen atoms in total. The van der Waals surface area contributed by atoms with Crippen molar-refractivity contribution in [1.82, 2.24) is 0 Å². The Morgan fingerprint density at radius 1 is 1.10 bits per heavy atom. The zero-order valence-electron chi connectivity index (χ0n) is 5.20. The fraction of sp³-hybridized carbons (Fsp3) is 0.667. The molecule has 54 valence electrons. The van der Waals surface area contributed by atoms with E-state index in [0.717, 1.165) is 12.8 Å². The van der Waals surface area contributed by atoms with Crippen LogP contribution in [0, 0.1) is 11.8 Å². The van der Waals surface area contributed by atoms with Gasteiger partial charge in [0.2, 0.25) is 0 Å². The Morgan fingerprint density at radius 2 is 1.60 bits per heavy atom. The van der Waals surface area contributed by atoms with Crippen LogP contribution in [0.25, 0.3) is 0 Å². The zero-order valence-corrected chi connectivity index (χ0v) is 5.20. The summed E-state index contributed by atoms with van der Waals surface area (Å²) >= 11 is 0. The molecule has 0 unspecified atom stereocenters. The Bertz CT molecular complexity index is 178. The number of carbonyl (C=O) groups is 2. The fourth-order valence-electron chi connectivity index (χ4n) is 1.10. The van der Waals surface area contributed by atoms with Crippen molar-refractivity contribution in [3.8, 4) is 0 Å². The molecule has 0 aromatic carbocycles. The van der Waals surface area contributed by atoms with E-state index >= 15 is 0 Å². The first-order valence-corrected chi connectivity index (χ1v) is 3.21. The lowest BCUT2D eigenvalue weighted by molar-refractivity contribution is -0.235. The van der Waals surface area contributed by atoms with Gasteiger partial charge in [0.15, 0.2) is 5.92 Å². The molecule has 1 heterocycles. The molecule has 10 heavy (non-hydrogen) atoms. The van der Waals surface area contributed by atoms with Gasteiger partial charge in [0.05, 0.1) is 0 Å². The molecule has 0 radical (unpaired) electrons. The van der Waals surface area contributed by atoms with Gasteiger partial charge in [-0.3, -0.25) is 0 Å². The highest BCUT2D eigenvalue weighted by atomic mass is 17.2. The summed E-state index contributed by atoms with van der Waals surface area (Å²) in [6, 6.07) is 0. The van der Waals surface area contributed by atoms with Crippen LogP contribution < -0.4 is 0 Å². The summed E-state index contributed by atoms with van der Waals surface area (Å²) in [5.41, 5.74) is 0. The van der Waals surface area contributed by atoms with E-state index < -0.39 is 17.9 Å². The van der Waals surface area contributed by atoms with E-state index in [9.17, 15) is 9.59 Å². The van der Waals surface area contributed by atoms with Crippen molar-refractivity contribution in [3.63, 3.8) is 0 Å². The molecule has 0 spiro atoms. The Labute approximate surface area is 57.0 Å². The first-order valence-electron chi connectivity index (χ1n) is 3.21. The van der Waals surface area contributed by atoms with Crippen LogP contribution >= 0.6 is 0 Å². The SMILES string of the molecule is O=C1OOC(=O)C1C1CC1. The van der Waals surface area contributed by atoms with Crippen molar-refractivity contribution in [2.24, 2.45) is 11.8 Å². The first kappa shape index (κ1) is 5.70. The van der Waals surface area contributed by atoms with Crippen LogP contribution in [0.1, 0.15) is 12.8 Å². The van der Waals surface area contributed by atoms with E-state index in [1.165, 1.54) is 0 Å². The van der Waals surface area contributed by atoms with Gasteiger partial charge in [-0.05, 0) is 18.8 Å². The van der Waals surface area contributed by atoms with E-state index in [-0.39, 0.29) is 5.92 Å². The molecule has 0 atom stereocenters. The monoisotopic (exact) mass is 142 g/mol. The number of rotatable bonds is 1. The first-order chi connectivity index (χ1) is 4.79. The van der Waals surface area contributed by atoms with Gasteiger partial charge in [0.1, 0.15) is 0 Å². The third kappa shape index (κ3) is 0.683. The van der Waals surface area contributed by atoms with Crippen molar-refractivity contribution in [2.45, 2.75) is 12.8 Å². The zero-order chi connectivity index (χ0) is 7.14. The van der Waals surface area contributed by atoms with Crippen molar-refractivity contribution >= 4 is 11.9 Å². The van der Waals surface area contributed by atoms with E-state index in [2.05, 4.69) is 9.78 Å². The normalized spacial score (nSPS) is 26.4. The summed E-state index contributed by atoms with van der Waals surface area (Å²) in [4.78, 5) is 29.6. The van der Waals surface area contributed by atoms with Gasteiger partial charge in [-0.25, -0.2) is 19.4 Å². The third-order valence-corrected chi connectivity index (χ3v) is 1.81. The number of hydrogen-bond acceptors (Lipinski definition) is 4. The summed E-state index contributed by atoms with van der Waals surface area (Å²) in [6.45, 7) is 0. The predicted molar refractivity (Wildman–Crippen MR) is 28.4 cm³/mol. The summed E-state index contributed by atoms with van der Waals surface area (Å²) in [5, 5.41) is 0. The molecular formula is C6H6O4. The van der Waals surface area contributed by atoms with E-state index in [0.29, 0.717) is 0 Å². The standard InChI is InChI=1S/C6H6O4/c7-5-4(3-1-2-3)6(8)10-9-5/h3-4H,1-2H2. The molecule has 2 fully saturated rings. The van der Waals surface area contributed by atoms with Crippen molar-refractivity contribution in [3.05, 3.63) is 0 Å². The third-order valence-electron chi connectivity index (χ3n) is 1.81. The molecule has 1 saturated heterocycles. The van der Waals surface area contributed by atoms with Crippen molar-refractivity contribution < 1.29 is 19.4 Å². The smallest absolute Gasteiger partial charge is 0.246 e. The van der Waals surface area contributed by atoms with E-state index in [4.69, 9.17) is 0 Å². The molecule has 0 amide bonds. The highest BCUT2D eigenvalue weighted by Crippen LogP contribution is 2.39. The van der Waals surface area contributed by atoms with Crippen LogP contribution in [0.5, 0.6) is 0 Å². The molecule has 2 aliphatic rings. The Balaban J connectivity index is 2.15. The molecular weight excluding hydrogens is 136 g/mol. The van der Waals surface area contributed by atoms with Gasteiger partial charge in [-0.2, -0.15) is 0 Å². The Kier molecular flexibility index (Phi) is 0.977. The number of hydrogen-bond donors (Lipinski definition) is 0. The van der Waals surface area contributed by atoms with Gasteiger partial charge < -0.3 is 0 Å². The lowest BCUT2D eigenvalue weighted by atomic mass is 10.1. The Morgan fingerprint density at radius 3 is 2.00 bits per heavy atom. The predicted octanol–water partition coefficient (Wildman–Crippen LogP) is 0.0276. The van der Waals surface area contributed by atoms with Crippen LogP contribution in [0.15, 0.2) is 0 Å². The quantitative estimate of drug-likeness (QED) is 0.382. The van der Waals surface area contributed by atoms with Gasteiger partial charge in [-0.15, -0.1) is 0 Å². The molecule has 4 heteroatoms. The Hall–Kier alpha value is -1.06. The highest BCUT2D eigenvalue weighted by molar-refractivity contribution is 5.98. The minimum atomic E-state index is -0.611. The second-order valence-corrected chi connectivity index (χ2v) is 2.62. The lowest BCUT2D eigenvalue weighted by Gasteiger charge is -1.91. The van der Waals surface area contributed by atoms with Gasteiger partial charge in [0, 0.05) is 0 Å². The maximum absolute atomic E-state index is 10.7. The molecule has 1 saturated carbocycles. The topological polar surface area (TPSA) is 52.6 Å². The number of carbonyl (C=O) groups excluding carboxylic acids is 2. The summed E-state index contributed by atoms with van der Waals surface area (Å²) < 4.78 is 0. The van der Waals surface area contributed by atoms with Crippen LogP contribution in [0.4, 0.5) is 0 Å². The van der Waals surface area contributed by atoms with Crippen molar-refractivity contribution in [2.75, 3.05) is 0 Å².